The highest BCUT2D eigenvalue weighted by molar-refractivity contribution is 9.10. The molecule has 2 aromatic rings. The maximum Gasteiger partial charge on any atom is 0.189 e. The molecule has 98 valence electrons. The van der Waals surface area contributed by atoms with Crippen LogP contribution in [0.25, 0.3) is 6.08 Å². The third-order valence-electron chi connectivity index (χ3n) is 2.65. The number of carbonyl (C=O) groups excluding carboxylic acids is 1. The minimum Gasteiger partial charge on any atom is -0.289 e. The number of carbonyl (C=O) groups is 1. The first kappa shape index (κ1) is 13.7. The van der Waals surface area contributed by atoms with E-state index < -0.39 is 0 Å². The summed E-state index contributed by atoms with van der Waals surface area (Å²) in [6, 6.07) is 4.58. The molecule has 0 fully saturated rings. The van der Waals surface area contributed by atoms with Crippen molar-refractivity contribution in [3.8, 4) is 0 Å². The molecule has 3 nitrogen and oxygen atoms in total. The Labute approximate surface area is 118 Å². The van der Waals surface area contributed by atoms with Crippen LogP contribution in [0.2, 0.25) is 0 Å². The van der Waals surface area contributed by atoms with E-state index >= 15 is 0 Å². The Morgan fingerprint density at radius 1 is 1.47 bits per heavy atom. The summed E-state index contributed by atoms with van der Waals surface area (Å²) in [4.78, 5) is 12.0. The minimum atomic E-state index is -0.366. The summed E-state index contributed by atoms with van der Waals surface area (Å²) in [6.07, 6.45) is 4.48. The number of hydrogen-bond acceptors (Lipinski definition) is 2. The van der Waals surface area contributed by atoms with E-state index in [1.807, 2.05) is 0 Å². The normalized spacial score (nSPS) is 11.2. The summed E-state index contributed by atoms with van der Waals surface area (Å²) in [5.74, 6) is -0.555. The van der Waals surface area contributed by atoms with Crippen molar-refractivity contribution < 1.29 is 9.18 Å². The quantitative estimate of drug-likeness (QED) is 0.640. The van der Waals surface area contributed by atoms with Gasteiger partial charge in [-0.1, -0.05) is 15.9 Å². The number of allylic oxidation sites excluding steroid dienone is 1. The number of hydrogen-bond donors (Lipinski definition) is 0. The average Bonchev–Trinajstić information content (AvgIpc) is 2.69. The number of aryl methyl sites for hydroxylation is 2. The second kappa shape index (κ2) is 5.48. The van der Waals surface area contributed by atoms with Crippen LogP contribution in [0.4, 0.5) is 4.39 Å². The first-order valence-corrected chi connectivity index (χ1v) is 6.44. The summed E-state index contributed by atoms with van der Waals surface area (Å²) in [6.45, 7) is 1.76. The molecule has 19 heavy (non-hydrogen) atoms. The van der Waals surface area contributed by atoms with Crippen LogP contribution < -0.4 is 0 Å². The van der Waals surface area contributed by atoms with E-state index in [4.69, 9.17) is 0 Å². The third-order valence-corrected chi connectivity index (χ3v) is 3.14. The van der Waals surface area contributed by atoms with Crippen molar-refractivity contribution in [1.29, 1.82) is 0 Å². The highest BCUT2D eigenvalue weighted by Crippen LogP contribution is 2.17. The number of nitrogens with zero attached hydrogens (tertiary/aromatic N) is 2. The highest BCUT2D eigenvalue weighted by atomic mass is 79.9. The van der Waals surface area contributed by atoms with Gasteiger partial charge in [0.2, 0.25) is 0 Å². The monoisotopic (exact) mass is 322 g/mol. The Hall–Kier alpha value is -1.75. The molecule has 0 aliphatic heterocycles. The van der Waals surface area contributed by atoms with Crippen molar-refractivity contribution in [2.24, 2.45) is 7.05 Å². The molecule has 0 spiro atoms. The second-order valence-corrected chi connectivity index (χ2v) is 5.08. The van der Waals surface area contributed by atoms with E-state index in [9.17, 15) is 9.18 Å². The van der Waals surface area contributed by atoms with Gasteiger partial charge in [0.25, 0.3) is 0 Å². The smallest absolute Gasteiger partial charge is 0.189 e. The summed E-state index contributed by atoms with van der Waals surface area (Å²) < 4.78 is 15.8. The molecule has 0 radical (unpaired) electrons. The van der Waals surface area contributed by atoms with Gasteiger partial charge < -0.3 is 0 Å². The molecular weight excluding hydrogens is 311 g/mol. The van der Waals surface area contributed by atoms with Gasteiger partial charge in [-0.05, 0) is 37.3 Å². The lowest BCUT2D eigenvalue weighted by molar-refractivity contribution is 0.104. The first-order valence-electron chi connectivity index (χ1n) is 5.65. The zero-order valence-electron chi connectivity index (χ0n) is 10.5. The predicted octanol–water partition coefficient (Wildman–Crippen LogP) is 3.53. The lowest BCUT2D eigenvalue weighted by Gasteiger charge is -1.97. The van der Waals surface area contributed by atoms with E-state index in [-0.39, 0.29) is 11.6 Å². The van der Waals surface area contributed by atoms with E-state index in [1.165, 1.54) is 18.2 Å². The lowest BCUT2D eigenvalue weighted by Crippen LogP contribution is -1.95. The lowest BCUT2D eigenvalue weighted by atomic mass is 10.1. The van der Waals surface area contributed by atoms with Crippen LogP contribution in [0.3, 0.4) is 0 Å². The largest absolute Gasteiger partial charge is 0.289 e. The zero-order chi connectivity index (χ0) is 14.0. The Bertz CT molecular complexity index is 661. The van der Waals surface area contributed by atoms with Crippen molar-refractivity contribution in [2.75, 3.05) is 0 Å². The molecule has 1 aromatic heterocycles. The van der Waals surface area contributed by atoms with Gasteiger partial charge in [-0.3, -0.25) is 9.48 Å². The third kappa shape index (κ3) is 3.17. The maximum atomic E-state index is 13.5. The fourth-order valence-corrected chi connectivity index (χ4v) is 2.12. The van der Waals surface area contributed by atoms with Crippen LogP contribution in [-0.2, 0) is 7.05 Å². The fourth-order valence-electron chi connectivity index (χ4n) is 1.74. The summed E-state index contributed by atoms with van der Waals surface area (Å²) in [7, 11) is 1.75. The molecule has 0 saturated heterocycles. The van der Waals surface area contributed by atoms with Crippen LogP contribution in [0.5, 0.6) is 0 Å². The summed E-state index contributed by atoms with van der Waals surface area (Å²) >= 11 is 3.26. The Morgan fingerprint density at radius 3 is 2.84 bits per heavy atom. The number of benzene rings is 1. The summed E-state index contributed by atoms with van der Waals surface area (Å²) in [5, 5.41) is 4.10. The molecule has 5 heteroatoms. The zero-order valence-corrected chi connectivity index (χ0v) is 12.1. The van der Waals surface area contributed by atoms with Crippen molar-refractivity contribution in [3.05, 3.63) is 57.6 Å². The Kier molecular flexibility index (Phi) is 3.95. The van der Waals surface area contributed by atoms with Gasteiger partial charge in [-0.2, -0.15) is 5.10 Å². The molecule has 0 aliphatic rings. The highest BCUT2D eigenvalue weighted by Gasteiger charge is 2.09. The number of ketones is 1. The van der Waals surface area contributed by atoms with Gasteiger partial charge in [0.05, 0.1) is 11.3 Å². The van der Waals surface area contributed by atoms with E-state index in [0.717, 1.165) is 4.47 Å². The molecule has 0 aliphatic carbocycles. The molecule has 1 aromatic carbocycles. The minimum absolute atomic E-state index is 0.190. The van der Waals surface area contributed by atoms with Crippen molar-refractivity contribution in [1.82, 2.24) is 9.78 Å². The van der Waals surface area contributed by atoms with E-state index in [1.54, 1.807) is 37.0 Å². The molecule has 0 bridgehead atoms. The standard InChI is InChI=1S/C14H12BrFN2O/c1-9-12(8-18(2)17-9)14(19)6-3-10-7-11(15)4-5-13(10)16/h3-8H,1-2H3/b6-3+. The Morgan fingerprint density at radius 2 is 2.21 bits per heavy atom. The molecule has 1 heterocycles. The number of aromatic nitrogens is 2. The van der Waals surface area contributed by atoms with Crippen LogP contribution in [-0.4, -0.2) is 15.6 Å². The van der Waals surface area contributed by atoms with Gasteiger partial charge in [-0.15, -0.1) is 0 Å². The Balaban J connectivity index is 2.25. The van der Waals surface area contributed by atoms with Gasteiger partial charge in [0, 0.05) is 23.3 Å². The van der Waals surface area contributed by atoms with E-state index in [2.05, 4.69) is 21.0 Å². The molecule has 0 N–H and O–H groups in total. The number of rotatable bonds is 3. The molecular formula is C14H12BrFN2O. The van der Waals surface area contributed by atoms with Crippen LogP contribution >= 0.6 is 15.9 Å². The molecule has 0 atom stereocenters. The van der Waals surface area contributed by atoms with Crippen LogP contribution in [0.1, 0.15) is 21.6 Å². The fraction of sp³-hybridized carbons (Fsp3) is 0.143. The molecule has 0 saturated carbocycles. The predicted molar refractivity (Wildman–Crippen MR) is 75.4 cm³/mol. The van der Waals surface area contributed by atoms with Crippen LogP contribution in [0, 0.1) is 12.7 Å². The van der Waals surface area contributed by atoms with Gasteiger partial charge in [0.15, 0.2) is 5.78 Å². The maximum absolute atomic E-state index is 13.5. The number of halogens is 2. The van der Waals surface area contributed by atoms with Gasteiger partial charge >= 0.3 is 0 Å². The molecule has 2 rings (SSSR count). The molecule has 0 amide bonds. The molecule has 0 unspecified atom stereocenters. The average molecular weight is 323 g/mol. The van der Waals surface area contributed by atoms with Gasteiger partial charge in [0.1, 0.15) is 5.82 Å². The topological polar surface area (TPSA) is 34.9 Å². The summed E-state index contributed by atoms with van der Waals surface area (Å²) in [5.41, 5.74) is 1.55. The van der Waals surface area contributed by atoms with E-state index in [0.29, 0.717) is 16.8 Å². The van der Waals surface area contributed by atoms with Gasteiger partial charge in [-0.25, -0.2) is 4.39 Å². The van der Waals surface area contributed by atoms with Crippen molar-refractivity contribution in [3.63, 3.8) is 0 Å². The second-order valence-electron chi connectivity index (χ2n) is 4.17. The van der Waals surface area contributed by atoms with Crippen LogP contribution in [0.15, 0.2) is 34.9 Å². The van der Waals surface area contributed by atoms with Crippen molar-refractivity contribution in [2.45, 2.75) is 6.92 Å². The van der Waals surface area contributed by atoms with Crippen molar-refractivity contribution >= 4 is 27.8 Å². The SMILES string of the molecule is Cc1nn(C)cc1C(=O)/C=C/c1cc(Br)ccc1F. The first-order chi connectivity index (χ1) is 8.97.